The summed E-state index contributed by atoms with van der Waals surface area (Å²) in [6, 6.07) is 9.64. The number of alkyl halides is 1. The van der Waals surface area contributed by atoms with E-state index >= 15 is 0 Å². The van der Waals surface area contributed by atoms with E-state index in [1.807, 2.05) is 30.3 Å². The van der Waals surface area contributed by atoms with Crippen molar-refractivity contribution in [3.05, 3.63) is 35.9 Å². The smallest absolute Gasteiger partial charge is 0.237 e. The summed E-state index contributed by atoms with van der Waals surface area (Å²) >= 11 is 5.64. The van der Waals surface area contributed by atoms with Crippen LogP contribution in [0.5, 0.6) is 0 Å². The van der Waals surface area contributed by atoms with Crippen molar-refractivity contribution in [2.75, 3.05) is 23.9 Å². The van der Waals surface area contributed by atoms with Crippen molar-refractivity contribution in [3.63, 3.8) is 0 Å². The van der Waals surface area contributed by atoms with Crippen LogP contribution in [0.25, 0.3) is 0 Å². The number of carbonyl (C=O) groups excluding carboxylic acids is 1. The van der Waals surface area contributed by atoms with Crippen molar-refractivity contribution in [2.45, 2.75) is 13.0 Å². The zero-order chi connectivity index (χ0) is 14.6. The SMILES string of the molecule is O=C(CCl)N(Cc1ccccc1)C[C@H]1CCS(=O)(=O)C1. The Balaban J connectivity index is 2.03. The molecule has 0 unspecified atom stereocenters. The summed E-state index contributed by atoms with van der Waals surface area (Å²) in [5.74, 6) is 0.196. The van der Waals surface area contributed by atoms with Crippen molar-refractivity contribution in [3.8, 4) is 0 Å². The van der Waals surface area contributed by atoms with Crippen LogP contribution in [0.4, 0.5) is 0 Å². The Bertz CT molecular complexity index is 559. The molecule has 20 heavy (non-hydrogen) atoms. The van der Waals surface area contributed by atoms with Gasteiger partial charge in [0.15, 0.2) is 9.84 Å². The van der Waals surface area contributed by atoms with Gasteiger partial charge in [-0.15, -0.1) is 11.6 Å². The fourth-order valence-corrected chi connectivity index (χ4v) is 4.49. The Hall–Kier alpha value is -1.07. The lowest BCUT2D eigenvalue weighted by Crippen LogP contribution is -2.36. The summed E-state index contributed by atoms with van der Waals surface area (Å²) in [6.07, 6.45) is 0.628. The highest BCUT2D eigenvalue weighted by atomic mass is 35.5. The lowest BCUT2D eigenvalue weighted by atomic mass is 10.1. The molecule has 110 valence electrons. The largest absolute Gasteiger partial charge is 0.337 e. The maximum Gasteiger partial charge on any atom is 0.237 e. The molecule has 2 rings (SSSR count). The number of amides is 1. The van der Waals surface area contributed by atoms with Gasteiger partial charge in [-0.3, -0.25) is 4.79 Å². The molecule has 0 aliphatic carbocycles. The second-order valence-corrected chi connectivity index (χ2v) is 7.66. The fourth-order valence-electron chi connectivity index (χ4n) is 2.47. The molecule has 1 atom stereocenters. The van der Waals surface area contributed by atoms with Gasteiger partial charge in [-0.05, 0) is 17.9 Å². The molecule has 1 heterocycles. The highest BCUT2D eigenvalue weighted by molar-refractivity contribution is 7.91. The van der Waals surface area contributed by atoms with Crippen LogP contribution in [0.15, 0.2) is 30.3 Å². The quantitative estimate of drug-likeness (QED) is 0.777. The van der Waals surface area contributed by atoms with Crippen molar-refractivity contribution in [2.24, 2.45) is 5.92 Å². The molecule has 0 aromatic heterocycles. The van der Waals surface area contributed by atoms with Crippen LogP contribution in [-0.2, 0) is 21.2 Å². The first-order valence-corrected chi connectivity index (χ1v) is 8.94. The summed E-state index contributed by atoms with van der Waals surface area (Å²) in [5, 5.41) is 0. The lowest BCUT2D eigenvalue weighted by molar-refractivity contribution is -0.129. The standard InChI is InChI=1S/C14H18ClNO3S/c15-8-14(17)16(9-12-4-2-1-3-5-12)10-13-6-7-20(18,19)11-13/h1-5,13H,6-11H2/t13-/m1/s1. The summed E-state index contributed by atoms with van der Waals surface area (Å²) in [6.45, 7) is 0.933. The Morgan fingerprint density at radius 1 is 1.30 bits per heavy atom. The third kappa shape index (κ3) is 4.21. The number of hydrogen-bond donors (Lipinski definition) is 0. The zero-order valence-corrected chi connectivity index (χ0v) is 12.7. The van der Waals surface area contributed by atoms with E-state index in [0.717, 1.165) is 5.56 Å². The molecule has 1 fully saturated rings. The Labute approximate surface area is 124 Å². The summed E-state index contributed by atoms with van der Waals surface area (Å²) < 4.78 is 23.0. The maximum absolute atomic E-state index is 11.9. The van der Waals surface area contributed by atoms with Crippen LogP contribution >= 0.6 is 11.6 Å². The van der Waals surface area contributed by atoms with E-state index in [2.05, 4.69) is 0 Å². The second kappa shape index (κ2) is 6.59. The van der Waals surface area contributed by atoms with Gasteiger partial charge in [0, 0.05) is 13.1 Å². The minimum absolute atomic E-state index is 0.0240. The molecular formula is C14H18ClNO3S. The Kier molecular flexibility index (Phi) is 5.05. The predicted molar refractivity (Wildman–Crippen MR) is 79.3 cm³/mol. The number of benzene rings is 1. The van der Waals surface area contributed by atoms with Gasteiger partial charge in [0.2, 0.25) is 5.91 Å². The number of rotatable bonds is 5. The molecular weight excluding hydrogens is 298 g/mol. The summed E-state index contributed by atoms with van der Waals surface area (Å²) in [4.78, 5) is 13.6. The molecule has 1 aromatic rings. The highest BCUT2D eigenvalue weighted by Gasteiger charge is 2.30. The first-order chi connectivity index (χ1) is 9.50. The summed E-state index contributed by atoms with van der Waals surface area (Å²) in [7, 11) is -2.92. The summed E-state index contributed by atoms with van der Waals surface area (Å²) in [5.41, 5.74) is 1.02. The van der Waals surface area contributed by atoms with Crippen LogP contribution in [0, 0.1) is 5.92 Å². The molecule has 0 spiro atoms. The van der Waals surface area contributed by atoms with Gasteiger partial charge >= 0.3 is 0 Å². The molecule has 1 aliphatic heterocycles. The molecule has 1 aliphatic rings. The van der Waals surface area contributed by atoms with Gasteiger partial charge in [-0.2, -0.15) is 0 Å². The first kappa shape index (κ1) is 15.3. The lowest BCUT2D eigenvalue weighted by Gasteiger charge is -2.24. The third-order valence-corrected chi connectivity index (χ3v) is 5.55. The van der Waals surface area contributed by atoms with Gasteiger partial charge < -0.3 is 4.90 Å². The number of carbonyl (C=O) groups is 1. The van der Waals surface area contributed by atoms with Crippen LogP contribution < -0.4 is 0 Å². The van der Waals surface area contributed by atoms with Crippen LogP contribution in [0.2, 0.25) is 0 Å². The van der Waals surface area contributed by atoms with E-state index in [4.69, 9.17) is 11.6 Å². The predicted octanol–water partition coefficient (Wildman–Crippen LogP) is 1.69. The minimum atomic E-state index is -2.92. The number of hydrogen-bond acceptors (Lipinski definition) is 3. The second-order valence-electron chi connectivity index (χ2n) is 5.16. The highest BCUT2D eigenvalue weighted by Crippen LogP contribution is 2.20. The van der Waals surface area contributed by atoms with E-state index in [9.17, 15) is 13.2 Å². The topological polar surface area (TPSA) is 54.5 Å². The first-order valence-electron chi connectivity index (χ1n) is 6.58. The van der Waals surface area contributed by atoms with Crippen molar-refractivity contribution in [1.29, 1.82) is 0 Å². The van der Waals surface area contributed by atoms with E-state index in [0.29, 0.717) is 19.5 Å². The number of halogens is 1. The van der Waals surface area contributed by atoms with Gasteiger partial charge in [-0.25, -0.2) is 8.42 Å². The minimum Gasteiger partial charge on any atom is -0.337 e. The van der Waals surface area contributed by atoms with Crippen molar-refractivity contribution in [1.82, 2.24) is 4.90 Å². The van der Waals surface area contributed by atoms with E-state index in [1.165, 1.54) is 0 Å². The van der Waals surface area contributed by atoms with E-state index in [1.54, 1.807) is 4.90 Å². The molecule has 0 N–H and O–H groups in total. The van der Waals surface area contributed by atoms with Gasteiger partial charge in [-0.1, -0.05) is 30.3 Å². The number of nitrogens with zero attached hydrogens (tertiary/aromatic N) is 1. The average molecular weight is 316 g/mol. The maximum atomic E-state index is 11.9. The normalized spacial score (nSPS) is 20.8. The Morgan fingerprint density at radius 3 is 2.55 bits per heavy atom. The van der Waals surface area contributed by atoms with Gasteiger partial charge in [0.1, 0.15) is 5.88 Å². The molecule has 1 saturated heterocycles. The molecule has 6 heteroatoms. The van der Waals surface area contributed by atoms with Crippen molar-refractivity contribution >= 4 is 27.3 Å². The van der Waals surface area contributed by atoms with Crippen LogP contribution in [-0.4, -0.2) is 43.2 Å². The van der Waals surface area contributed by atoms with Crippen LogP contribution in [0.1, 0.15) is 12.0 Å². The van der Waals surface area contributed by atoms with Crippen molar-refractivity contribution < 1.29 is 13.2 Å². The molecule has 1 aromatic carbocycles. The van der Waals surface area contributed by atoms with Crippen LogP contribution in [0.3, 0.4) is 0 Å². The van der Waals surface area contributed by atoms with Gasteiger partial charge in [0.25, 0.3) is 0 Å². The average Bonchev–Trinajstić information content (AvgIpc) is 2.77. The molecule has 0 radical (unpaired) electrons. The van der Waals surface area contributed by atoms with E-state index in [-0.39, 0.29) is 29.2 Å². The third-order valence-electron chi connectivity index (χ3n) is 3.49. The molecule has 0 saturated carbocycles. The fraction of sp³-hybridized carbons (Fsp3) is 0.500. The van der Waals surface area contributed by atoms with Gasteiger partial charge in [0.05, 0.1) is 11.5 Å². The molecule has 1 amide bonds. The monoisotopic (exact) mass is 315 g/mol. The molecule has 4 nitrogen and oxygen atoms in total. The molecule has 0 bridgehead atoms. The number of sulfone groups is 1. The van der Waals surface area contributed by atoms with E-state index < -0.39 is 9.84 Å². The Morgan fingerprint density at radius 2 is 2.00 bits per heavy atom. The zero-order valence-electron chi connectivity index (χ0n) is 11.2.